The lowest BCUT2D eigenvalue weighted by Gasteiger charge is -2.26. The maximum atomic E-state index is 6.05. The van der Waals surface area contributed by atoms with Crippen molar-refractivity contribution in [2.45, 2.75) is 32.4 Å². The number of nitrogens with zero attached hydrogens (tertiary/aromatic N) is 1. The summed E-state index contributed by atoms with van der Waals surface area (Å²) in [5.74, 6) is 0.854. The molecule has 0 unspecified atom stereocenters. The van der Waals surface area contributed by atoms with Crippen LogP contribution in [-0.2, 0) is 13.1 Å². The molecule has 3 heteroatoms. The first-order valence-electron chi connectivity index (χ1n) is 6.25. The third kappa shape index (κ3) is 1.96. The average Bonchev–Trinajstić information content (AvgIpc) is 2.61. The van der Waals surface area contributed by atoms with Crippen LogP contribution in [0.4, 0.5) is 0 Å². The summed E-state index contributed by atoms with van der Waals surface area (Å²) in [5, 5.41) is 1.99. The van der Waals surface area contributed by atoms with Crippen LogP contribution in [0, 0.1) is 5.92 Å². The molecule has 0 amide bonds. The summed E-state index contributed by atoms with van der Waals surface area (Å²) < 4.78 is 2.34. The second-order valence-electron chi connectivity index (χ2n) is 4.97. The highest BCUT2D eigenvalue weighted by molar-refractivity contribution is 6.31. The van der Waals surface area contributed by atoms with Crippen molar-refractivity contribution in [1.29, 1.82) is 0 Å². The first kappa shape index (κ1) is 11.1. The van der Waals surface area contributed by atoms with Gasteiger partial charge in [-0.1, -0.05) is 18.0 Å². The van der Waals surface area contributed by atoms with Gasteiger partial charge in [0.15, 0.2) is 0 Å². The molecule has 0 radical (unpaired) electrons. The van der Waals surface area contributed by atoms with Crippen molar-refractivity contribution >= 4 is 22.5 Å². The molecule has 0 aliphatic heterocycles. The Kier molecular flexibility index (Phi) is 2.85. The van der Waals surface area contributed by atoms with Crippen molar-refractivity contribution in [3.05, 3.63) is 35.0 Å². The molecular formula is C14H17ClN2. The third-order valence-corrected chi connectivity index (χ3v) is 4.06. The van der Waals surface area contributed by atoms with E-state index in [4.69, 9.17) is 17.3 Å². The zero-order valence-electron chi connectivity index (χ0n) is 9.82. The van der Waals surface area contributed by atoms with Crippen molar-refractivity contribution in [3.63, 3.8) is 0 Å². The number of fused-ring (bicyclic) bond motifs is 1. The predicted octanol–water partition coefficient (Wildman–Crippen LogP) is 3.55. The van der Waals surface area contributed by atoms with Gasteiger partial charge in [-0.2, -0.15) is 0 Å². The summed E-state index contributed by atoms with van der Waals surface area (Å²) in [6.45, 7) is 1.70. The number of halogens is 1. The van der Waals surface area contributed by atoms with E-state index < -0.39 is 0 Å². The Morgan fingerprint density at radius 1 is 1.35 bits per heavy atom. The number of aromatic nitrogens is 1. The quantitative estimate of drug-likeness (QED) is 0.885. The first-order valence-corrected chi connectivity index (χ1v) is 6.63. The van der Waals surface area contributed by atoms with E-state index >= 15 is 0 Å². The third-order valence-electron chi connectivity index (χ3n) is 3.83. The largest absolute Gasteiger partial charge is 0.347 e. The van der Waals surface area contributed by atoms with Crippen molar-refractivity contribution in [2.24, 2.45) is 11.7 Å². The molecule has 17 heavy (non-hydrogen) atoms. The van der Waals surface area contributed by atoms with Crippen LogP contribution in [0.2, 0.25) is 5.02 Å². The molecule has 90 valence electrons. The standard InChI is InChI=1S/C14H17ClN2/c15-12-4-5-14-13(6-12)11(7-16)9-17(14)8-10-2-1-3-10/h4-6,9-10H,1-3,7-8,16H2. The number of benzene rings is 1. The van der Waals surface area contributed by atoms with Gasteiger partial charge in [0, 0.05) is 35.2 Å². The van der Waals surface area contributed by atoms with Crippen molar-refractivity contribution in [3.8, 4) is 0 Å². The van der Waals surface area contributed by atoms with Gasteiger partial charge in [0.05, 0.1) is 0 Å². The normalized spacial score (nSPS) is 16.4. The highest BCUT2D eigenvalue weighted by Crippen LogP contribution is 2.31. The molecule has 1 fully saturated rings. The van der Waals surface area contributed by atoms with Gasteiger partial charge in [-0.05, 0) is 42.5 Å². The summed E-state index contributed by atoms with van der Waals surface area (Å²) in [5.41, 5.74) is 8.26. The highest BCUT2D eigenvalue weighted by Gasteiger charge is 2.19. The second-order valence-corrected chi connectivity index (χ2v) is 5.41. The fraction of sp³-hybridized carbons (Fsp3) is 0.429. The molecule has 1 aromatic heterocycles. The maximum Gasteiger partial charge on any atom is 0.0484 e. The molecule has 0 saturated heterocycles. The molecule has 2 nitrogen and oxygen atoms in total. The lowest BCUT2D eigenvalue weighted by molar-refractivity contribution is 0.279. The van der Waals surface area contributed by atoms with Gasteiger partial charge in [0.1, 0.15) is 0 Å². The van der Waals surface area contributed by atoms with E-state index in [1.807, 2.05) is 12.1 Å². The van der Waals surface area contributed by atoms with Crippen molar-refractivity contribution < 1.29 is 0 Å². The molecule has 1 aromatic carbocycles. The van der Waals surface area contributed by atoms with E-state index in [2.05, 4.69) is 16.8 Å². The maximum absolute atomic E-state index is 6.05. The minimum absolute atomic E-state index is 0.578. The SMILES string of the molecule is NCc1cn(CC2CCC2)c2ccc(Cl)cc12. The monoisotopic (exact) mass is 248 g/mol. The van der Waals surface area contributed by atoms with E-state index in [1.54, 1.807) is 0 Å². The zero-order valence-corrected chi connectivity index (χ0v) is 10.6. The summed E-state index contributed by atoms with van der Waals surface area (Å²) >= 11 is 6.05. The molecule has 1 heterocycles. The van der Waals surface area contributed by atoms with Gasteiger partial charge in [-0.25, -0.2) is 0 Å². The van der Waals surface area contributed by atoms with E-state index in [-0.39, 0.29) is 0 Å². The molecule has 2 N–H and O–H groups in total. The van der Waals surface area contributed by atoms with Crippen molar-refractivity contribution in [1.82, 2.24) is 4.57 Å². The van der Waals surface area contributed by atoms with Crippen molar-refractivity contribution in [2.75, 3.05) is 0 Å². The fourth-order valence-electron chi connectivity index (χ4n) is 2.61. The average molecular weight is 249 g/mol. The molecule has 3 rings (SSSR count). The van der Waals surface area contributed by atoms with Gasteiger partial charge in [0.25, 0.3) is 0 Å². The highest BCUT2D eigenvalue weighted by atomic mass is 35.5. The molecular weight excluding hydrogens is 232 g/mol. The molecule has 0 spiro atoms. The van der Waals surface area contributed by atoms with Crippen LogP contribution in [0.3, 0.4) is 0 Å². The van der Waals surface area contributed by atoms with Crippen LogP contribution in [0.15, 0.2) is 24.4 Å². The molecule has 0 bridgehead atoms. The van der Waals surface area contributed by atoms with Crippen LogP contribution in [-0.4, -0.2) is 4.57 Å². The van der Waals surface area contributed by atoms with E-state index in [0.717, 1.165) is 17.5 Å². The number of hydrogen-bond donors (Lipinski definition) is 1. The van der Waals surface area contributed by atoms with Crippen LogP contribution < -0.4 is 5.73 Å². The molecule has 2 aromatic rings. The molecule has 1 aliphatic rings. The summed E-state index contributed by atoms with van der Waals surface area (Å²) in [4.78, 5) is 0. The zero-order chi connectivity index (χ0) is 11.8. The Morgan fingerprint density at radius 2 is 2.18 bits per heavy atom. The Bertz CT molecular complexity index is 540. The number of rotatable bonds is 3. The summed E-state index contributed by atoms with van der Waals surface area (Å²) in [6.07, 6.45) is 6.31. The van der Waals surface area contributed by atoms with E-state index in [9.17, 15) is 0 Å². The van der Waals surface area contributed by atoms with Crippen LogP contribution in [0.25, 0.3) is 10.9 Å². The summed E-state index contributed by atoms with van der Waals surface area (Å²) in [7, 11) is 0. The minimum Gasteiger partial charge on any atom is -0.347 e. The second kappa shape index (κ2) is 4.35. The van der Waals surface area contributed by atoms with Crippen LogP contribution in [0.1, 0.15) is 24.8 Å². The van der Waals surface area contributed by atoms with Gasteiger partial charge in [-0.15, -0.1) is 0 Å². The minimum atomic E-state index is 0.578. The number of nitrogens with two attached hydrogens (primary N) is 1. The Hall–Kier alpha value is -0.990. The Labute approximate surface area is 106 Å². The van der Waals surface area contributed by atoms with Crippen LogP contribution >= 0.6 is 11.6 Å². The topological polar surface area (TPSA) is 30.9 Å². The first-order chi connectivity index (χ1) is 8.28. The van der Waals surface area contributed by atoms with Gasteiger partial charge < -0.3 is 10.3 Å². The Balaban J connectivity index is 2.04. The lowest BCUT2D eigenvalue weighted by Crippen LogP contribution is -2.17. The van der Waals surface area contributed by atoms with E-state index in [0.29, 0.717) is 6.54 Å². The fourth-order valence-corrected chi connectivity index (χ4v) is 2.78. The molecule has 1 aliphatic carbocycles. The van der Waals surface area contributed by atoms with Gasteiger partial charge in [-0.3, -0.25) is 0 Å². The van der Waals surface area contributed by atoms with Gasteiger partial charge in [0.2, 0.25) is 0 Å². The lowest BCUT2D eigenvalue weighted by atomic mass is 9.85. The smallest absolute Gasteiger partial charge is 0.0484 e. The molecule has 1 saturated carbocycles. The van der Waals surface area contributed by atoms with Crippen LogP contribution in [0.5, 0.6) is 0 Å². The number of hydrogen-bond acceptors (Lipinski definition) is 1. The van der Waals surface area contributed by atoms with Gasteiger partial charge >= 0.3 is 0 Å². The molecule has 0 atom stereocenters. The summed E-state index contributed by atoms with van der Waals surface area (Å²) in [6, 6.07) is 6.09. The van der Waals surface area contributed by atoms with E-state index in [1.165, 1.54) is 35.7 Å². The predicted molar refractivity (Wildman–Crippen MR) is 72.2 cm³/mol. The Morgan fingerprint density at radius 3 is 2.82 bits per heavy atom.